The van der Waals surface area contributed by atoms with Gasteiger partial charge < -0.3 is 5.11 Å². The maximum atomic E-state index is 11.5. The van der Waals surface area contributed by atoms with E-state index in [1.807, 2.05) is 0 Å². The summed E-state index contributed by atoms with van der Waals surface area (Å²) in [7, 11) is 0. The van der Waals surface area contributed by atoms with Gasteiger partial charge in [-0.25, -0.2) is 0 Å². The molecule has 1 N–H and O–H groups in total. The molecule has 0 aromatic heterocycles. The highest BCUT2D eigenvalue weighted by atomic mass is 16.4. The first-order chi connectivity index (χ1) is 7.44. The number of hydrogen-bond acceptors (Lipinski definition) is 1. The smallest absolute Gasteiger partial charge is 0.309 e. The predicted octanol–water partition coefficient (Wildman–Crippen LogP) is 3.85. The summed E-state index contributed by atoms with van der Waals surface area (Å²) in [5, 5.41) is 9.49. The fraction of sp³-hybridized carbons (Fsp3) is 0.929. The summed E-state index contributed by atoms with van der Waals surface area (Å²) in [4.78, 5) is 11.5. The lowest BCUT2D eigenvalue weighted by Crippen LogP contribution is -2.37. The van der Waals surface area contributed by atoms with Crippen LogP contribution < -0.4 is 0 Å². The molecule has 16 heavy (non-hydrogen) atoms. The zero-order valence-electron chi connectivity index (χ0n) is 10.6. The number of carboxylic acids is 1. The molecular formula is C14H24O2. The molecule has 0 unspecified atom stereocenters. The highest BCUT2D eigenvalue weighted by Gasteiger charge is 2.44. The van der Waals surface area contributed by atoms with Crippen LogP contribution in [0.1, 0.15) is 65.2 Å². The molecule has 2 saturated carbocycles. The van der Waals surface area contributed by atoms with Gasteiger partial charge in [0, 0.05) is 0 Å². The van der Waals surface area contributed by atoms with E-state index in [4.69, 9.17) is 0 Å². The molecule has 2 nitrogen and oxygen atoms in total. The topological polar surface area (TPSA) is 37.3 Å². The van der Waals surface area contributed by atoms with Gasteiger partial charge in [-0.05, 0) is 49.9 Å². The molecule has 0 aromatic rings. The third-order valence-electron chi connectivity index (χ3n) is 4.74. The van der Waals surface area contributed by atoms with E-state index in [1.54, 1.807) is 0 Å². The van der Waals surface area contributed by atoms with Gasteiger partial charge in [0.15, 0.2) is 0 Å². The molecule has 2 heteroatoms. The maximum absolute atomic E-state index is 11.5. The number of carboxylic acid groups (broad SMARTS) is 1. The SMILES string of the molecule is CC1(C)CCC(CCC2CC2)(C(=O)O)CC1. The van der Waals surface area contributed by atoms with E-state index in [1.165, 1.54) is 12.8 Å². The molecule has 2 aliphatic rings. The molecule has 0 aromatic carbocycles. The summed E-state index contributed by atoms with van der Waals surface area (Å²) in [6, 6.07) is 0. The second-order valence-electron chi connectivity index (χ2n) is 6.73. The van der Waals surface area contributed by atoms with Crippen LogP contribution in [0.5, 0.6) is 0 Å². The van der Waals surface area contributed by atoms with Gasteiger partial charge in [-0.3, -0.25) is 4.79 Å². The Hall–Kier alpha value is -0.530. The van der Waals surface area contributed by atoms with Crippen molar-refractivity contribution in [2.75, 3.05) is 0 Å². The van der Waals surface area contributed by atoms with E-state index in [0.717, 1.165) is 44.4 Å². The largest absolute Gasteiger partial charge is 0.481 e. The highest BCUT2D eigenvalue weighted by Crippen LogP contribution is 2.49. The number of aliphatic carboxylic acids is 1. The van der Waals surface area contributed by atoms with Crippen LogP contribution in [0.4, 0.5) is 0 Å². The van der Waals surface area contributed by atoms with E-state index < -0.39 is 5.97 Å². The minimum atomic E-state index is -0.538. The number of rotatable bonds is 4. The normalized spacial score (nSPS) is 27.6. The quantitative estimate of drug-likeness (QED) is 0.787. The summed E-state index contributed by atoms with van der Waals surface area (Å²) >= 11 is 0. The van der Waals surface area contributed by atoms with Crippen molar-refractivity contribution in [2.24, 2.45) is 16.7 Å². The van der Waals surface area contributed by atoms with Crippen LogP contribution in [-0.2, 0) is 4.79 Å². The standard InChI is InChI=1S/C14H24O2/c1-13(2)7-9-14(10-8-13,12(15)16)6-5-11-3-4-11/h11H,3-10H2,1-2H3,(H,15,16). The minimum absolute atomic E-state index is 0.360. The first kappa shape index (κ1) is 11.9. The van der Waals surface area contributed by atoms with Crippen LogP contribution >= 0.6 is 0 Å². The minimum Gasteiger partial charge on any atom is -0.481 e. The van der Waals surface area contributed by atoms with E-state index >= 15 is 0 Å². The van der Waals surface area contributed by atoms with Crippen LogP contribution in [0.2, 0.25) is 0 Å². The van der Waals surface area contributed by atoms with Gasteiger partial charge in [0.2, 0.25) is 0 Å². The zero-order chi connectivity index (χ0) is 11.8. The van der Waals surface area contributed by atoms with Gasteiger partial charge in [-0.15, -0.1) is 0 Å². The molecule has 0 aliphatic heterocycles. The molecule has 92 valence electrons. The molecule has 0 radical (unpaired) electrons. The van der Waals surface area contributed by atoms with Gasteiger partial charge in [-0.2, -0.15) is 0 Å². The highest BCUT2D eigenvalue weighted by molar-refractivity contribution is 5.74. The third kappa shape index (κ3) is 2.58. The van der Waals surface area contributed by atoms with E-state index in [-0.39, 0.29) is 5.41 Å². The first-order valence-electron chi connectivity index (χ1n) is 6.67. The lowest BCUT2D eigenvalue weighted by Gasteiger charge is -2.41. The molecule has 0 amide bonds. The number of hydrogen-bond donors (Lipinski definition) is 1. The van der Waals surface area contributed by atoms with Crippen LogP contribution in [0.3, 0.4) is 0 Å². The second kappa shape index (κ2) is 4.05. The molecule has 0 heterocycles. The van der Waals surface area contributed by atoms with Gasteiger partial charge in [0.05, 0.1) is 5.41 Å². The van der Waals surface area contributed by atoms with Crippen molar-refractivity contribution in [1.82, 2.24) is 0 Å². The maximum Gasteiger partial charge on any atom is 0.309 e. The van der Waals surface area contributed by atoms with Gasteiger partial charge in [0.1, 0.15) is 0 Å². The third-order valence-corrected chi connectivity index (χ3v) is 4.74. The Balaban J connectivity index is 1.96. The van der Waals surface area contributed by atoms with E-state index in [9.17, 15) is 9.90 Å². The van der Waals surface area contributed by atoms with Crippen molar-refractivity contribution in [3.63, 3.8) is 0 Å². The van der Waals surface area contributed by atoms with Gasteiger partial charge in [0.25, 0.3) is 0 Å². The Kier molecular flexibility index (Phi) is 3.02. The van der Waals surface area contributed by atoms with Crippen molar-refractivity contribution < 1.29 is 9.90 Å². The Morgan fingerprint density at radius 1 is 1.19 bits per heavy atom. The van der Waals surface area contributed by atoms with Crippen molar-refractivity contribution >= 4 is 5.97 Å². The molecular weight excluding hydrogens is 200 g/mol. The fourth-order valence-corrected chi connectivity index (χ4v) is 2.86. The summed E-state index contributed by atoms with van der Waals surface area (Å²) < 4.78 is 0. The monoisotopic (exact) mass is 224 g/mol. The zero-order valence-corrected chi connectivity index (χ0v) is 10.6. The molecule has 0 spiro atoms. The predicted molar refractivity (Wildman–Crippen MR) is 64.3 cm³/mol. The van der Waals surface area contributed by atoms with Crippen LogP contribution in [0, 0.1) is 16.7 Å². The summed E-state index contributed by atoms with van der Waals surface area (Å²) in [5.41, 5.74) is -0.0172. The van der Waals surface area contributed by atoms with E-state index in [2.05, 4.69) is 13.8 Å². The van der Waals surface area contributed by atoms with Crippen LogP contribution in [0.25, 0.3) is 0 Å². The number of carbonyl (C=O) groups is 1. The Morgan fingerprint density at radius 2 is 1.75 bits per heavy atom. The Morgan fingerprint density at radius 3 is 2.19 bits per heavy atom. The first-order valence-corrected chi connectivity index (χ1v) is 6.67. The summed E-state index contributed by atoms with van der Waals surface area (Å²) in [6.07, 6.45) is 8.66. The molecule has 2 aliphatic carbocycles. The lowest BCUT2D eigenvalue weighted by molar-refractivity contribution is -0.153. The Labute approximate surface area is 98.4 Å². The van der Waals surface area contributed by atoms with Crippen molar-refractivity contribution in [3.05, 3.63) is 0 Å². The van der Waals surface area contributed by atoms with Crippen molar-refractivity contribution in [1.29, 1.82) is 0 Å². The summed E-state index contributed by atoms with van der Waals surface area (Å²) in [5.74, 6) is 0.315. The van der Waals surface area contributed by atoms with Crippen molar-refractivity contribution in [3.8, 4) is 0 Å². The average Bonchev–Trinajstić information content (AvgIpc) is 3.00. The summed E-state index contributed by atoms with van der Waals surface area (Å²) in [6.45, 7) is 4.53. The molecule has 0 saturated heterocycles. The van der Waals surface area contributed by atoms with Crippen molar-refractivity contribution in [2.45, 2.75) is 65.2 Å². The second-order valence-corrected chi connectivity index (χ2v) is 6.73. The lowest BCUT2D eigenvalue weighted by atomic mass is 9.63. The molecule has 2 rings (SSSR count). The van der Waals surface area contributed by atoms with Crippen LogP contribution in [-0.4, -0.2) is 11.1 Å². The average molecular weight is 224 g/mol. The molecule has 2 fully saturated rings. The Bertz CT molecular complexity index is 261. The molecule has 0 bridgehead atoms. The molecule has 0 atom stereocenters. The van der Waals surface area contributed by atoms with Gasteiger partial charge >= 0.3 is 5.97 Å². The van der Waals surface area contributed by atoms with Gasteiger partial charge in [-0.1, -0.05) is 26.7 Å². The van der Waals surface area contributed by atoms with E-state index in [0.29, 0.717) is 5.41 Å². The van der Waals surface area contributed by atoms with Crippen LogP contribution in [0.15, 0.2) is 0 Å². The fourth-order valence-electron chi connectivity index (χ4n) is 2.86.